The lowest BCUT2D eigenvalue weighted by molar-refractivity contribution is 0.314. The van der Waals surface area contributed by atoms with Crippen LogP contribution in [-0.2, 0) is 0 Å². The van der Waals surface area contributed by atoms with Crippen molar-refractivity contribution in [1.82, 2.24) is 19.7 Å². The molecule has 184 valence electrons. The Morgan fingerprint density at radius 2 is 2.00 bits per heavy atom. The van der Waals surface area contributed by atoms with Gasteiger partial charge in [0.1, 0.15) is 11.5 Å². The van der Waals surface area contributed by atoms with E-state index in [2.05, 4.69) is 40.3 Å². The van der Waals surface area contributed by atoms with Gasteiger partial charge in [-0.3, -0.25) is 4.98 Å². The van der Waals surface area contributed by atoms with Gasteiger partial charge in [0.15, 0.2) is 0 Å². The number of aryl methyl sites for hydroxylation is 2. The van der Waals surface area contributed by atoms with Gasteiger partial charge in [0, 0.05) is 17.4 Å². The highest BCUT2D eigenvalue weighted by Gasteiger charge is 2.21. The fraction of sp³-hybridized carbons (Fsp3) is 0.250. The Morgan fingerprint density at radius 3 is 2.70 bits per heavy atom. The van der Waals surface area contributed by atoms with Crippen LogP contribution in [0.2, 0.25) is 0 Å². The lowest BCUT2D eigenvalue weighted by atomic mass is 10.00. The van der Waals surface area contributed by atoms with Crippen LogP contribution >= 0.6 is 0 Å². The SMILES string of the molecule is Cc1noc(C)c1-c1cc2ncc3[nH]c(=NC#N)n([C@H](C)c4ccccc4)c3c2cc1OCCCC#N. The molecule has 3 aromatic heterocycles. The van der Waals surface area contributed by atoms with Crippen LogP contribution < -0.4 is 10.4 Å². The van der Waals surface area contributed by atoms with Crippen LogP contribution in [-0.4, -0.2) is 26.3 Å². The Hall–Kier alpha value is -4.89. The molecule has 0 unspecified atom stereocenters. The first-order valence-corrected chi connectivity index (χ1v) is 12.0. The molecule has 9 nitrogen and oxygen atoms in total. The zero-order chi connectivity index (χ0) is 25.9. The van der Waals surface area contributed by atoms with Crippen LogP contribution in [0.4, 0.5) is 0 Å². The number of aromatic nitrogens is 4. The minimum absolute atomic E-state index is 0.116. The molecule has 0 aliphatic rings. The van der Waals surface area contributed by atoms with Gasteiger partial charge >= 0.3 is 0 Å². The second-order valence-corrected chi connectivity index (χ2v) is 8.81. The van der Waals surface area contributed by atoms with Gasteiger partial charge in [0.25, 0.3) is 0 Å². The molecule has 0 fully saturated rings. The zero-order valence-electron chi connectivity index (χ0n) is 20.8. The molecule has 5 aromatic rings. The topological polar surface area (TPSA) is 129 Å². The molecule has 9 heteroatoms. The lowest BCUT2D eigenvalue weighted by Crippen LogP contribution is -2.22. The van der Waals surface area contributed by atoms with E-state index in [1.165, 1.54) is 0 Å². The average Bonchev–Trinajstić information content (AvgIpc) is 3.45. The van der Waals surface area contributed by atoms with Gasteiger partial charge in [0.2, 0.25) is 11.8 Å². The molecule has 0 amide bonds. The monoisotopic (exact) mass is 491 g/mol. The van der Waals surface area contributed by atoms with E-state index in [1.54, 1.807) is 6.20 Å². The number of benzene rings is 2. The van der Waals surface area contributed by atoms with Gasteiger partial charge in [-0.25, -0.2) is 0 Å². The highest BCUT2D eigenvalue weighted by molar-refractivity contribution is 6.04. The Balaban J connectivity index is 1.80. The number of hydrogen-bond acceptors (Lipinski definition) is 7. The van der Waals surface area contributed by atoms with Crippen molar-refractivity contribution in [1.29, 1.82) is 10.5 Å². The van der Waals surface area contributed by atoms with E-state index in [4.69, 9.17) is 19.5 Å². The third-order valence-corrected chi connectivity index (χ3v) is 6.47. The van der Waals surface area contributed by atoms with Crippen molar-refractivity contribution in [2.75, 3.05) is 6.61 Å². The fourth-order valence-corrected chi connectivity index (χ4v) is 4.75. The third kappa shape index (κ3) is 4.32. The number of rotatable bonds is 7. The number of H-pyrrole nitrogens is 1. The summed E-state index contributed by atoms with van der Waals surface area (Å²) >= 11 is 0. The van der Waals surface area contributed by atoms with Gasteiger partial charge in [-0.15, -0.1) is 4.99 Å². The van der Waals surface area contributed by atoms with Crippen LogP contribution in [0.3, 0.4) is 0 Å². The number of nitrogens with one attached hydrogen (secondary N) is 1. The molecule has 0 bridgehead atoms. The largest absolute Gasteiger partial charge is 0.493 e. The van der Waals surface area contributed by atoms with E-state index < -0.39 is 0 Å². The normalized spacial score (nSPS) is 12.5. The summed E-state index contributed by atoms with van der Waals surface area (Å²) in [6.45, 7) is 6.22. The number of aromatic amines is 1. The summed E-state index contributed by atoms with van der Waals surface area (Å²) < 4.78 is 13.7. The van der Waals surface area contributed by atoms with Crippen LogP contribution in [0.1, 0.15) is 42.8 Å². The molecular formula is C28H25N7O2. The smallest absolute Gasteiger partial charge is 0.219 e. The van der Waals surface area contributed by atoms with Gasteiger partial charge in [-0.2, -0.15) is 10.5 Å². The number of unbranched alkanes of at least 4 members (excludes halogenated alkanes) is 1. The summed E-state index contributed by atoms with van der Waals surface area (Å²) in [5.74, 6) is 1.33. The fourth-order valence-electron chi connectivity index (χ4n) is 4.75. The second kappa shape index (κ2) is 10.00. The first-order valence-electron chi connectivity index (χ1n) is 12.0. The predicted octanol–water partition coefficient (Wildman–Crippen LogP) is 5.46. The van der Waals surface area contributed by atoms with E-state index in [0.717, 1.165) is 44.3 Å². The summed E-state index contributed by atoms with van der Waals surface area (Å²) in [5, 5.41) is 23.3. The molecule has 0 saturated heterocycles. The maximum absolute atomic E-state index is 9.39. The average molecular weight is 492 g/mol. The van der Waals surface area contributed by atoms with E-state index in [-0.39, 0.29) is 6.04 Å². The molecule has 2 aromatic carbocycles. The lowest BCUT2D eigenvalue weighted by Gasteiger charge is -2.17. The number of ether oxygens (including phenoxy) is 1. The molecule has 0 saturated carbocycles. The summed E-state index contributed by atoms with van der Waals surface area (Å²) in [4.78, 5) is 12.0. The summed E-state index contributed by atoms with van der Waals surface area (Å²) in [5.41, 5.74) is 6.33. The van der Waals surface area contributed by atoms with Gasteiger partial charge in [0.05, 0.1) is 52.7 Å². The van der Waals surface area contributed by atoms with E-state index in [0.29, 0.717) is 36.6 Å². The van der Waals surface area contributed by atoms with Crippen LogP contribution in [0.5, 0.6) is 5.75 Å². The summed E-state index contributed by atoms with van der Waals surface area (Å²) in [6, 6.07) is 16.0. The standard InChI is InChI=1S/C28H25N7O2/c1-17-26(19(3)37-34-17)22-13-23-21(14-25(22)36-12-8-7-11-29)27-24(15-31-23)33-28(32-16-30)35(27)18(2)20-9-5-4-6-10-20/h4-6,9-10,13-15,18H,7-8,12H2,1-3H3,(H,32,33)/t18-/m1/s1. The number of hydrogen-bond donors (Lipinski definition) is 1. The molecule has 1 N–H and O–H groups in total. The van der Waals surface area contributed by atoms with E-state index in [9.17, 15) is 5.26 Å². The van der Waals surface area contributed by atoms with Gasteiger partial charge in [-0.1, -0.05) is 35.5 Å². The Morgan fingerprint density at radius 1 is 1.19 bits per heavy atom. The molecule has 3 heterocycles. The van der Waals surface area contributed by atoms with E-state index >= 15 is 0 Å². The highest BCUT2D eigenvalue weighted by atomic mass is 16.5. The second-order valence-electron chi connectivity index (χ2n) is 8.81. The van der Waals surface area contributed by atoms with Crippen molar-refractivity contribution in [2.24, 2.45) is 4.99 Å². The molecular weight excluding hydrogens is 466 g/mol. The molecule has 37 heavy (non-hydrogen) atoms. The molecule has 0 spiro atoms. The molecule has 1 atom stereocenters. The summed E-state index contributed by atoms with van der Waals surface area (Å²) in [6.07, 6.45) is 4.69. The van der Waals surface area contributed by atoms with Crippen molar-refractivity contribution in [3.05, 3.63) is 71.3 Å². The van der Waals surface area contributed by atoms with Crippen LogP contribution in [0.15, 0.2) is 58.2 Å². The van der Waals surface area contributed by atoms with Crippen molar-refractivity contribution >= 4 is 21.9 Å². The highest BCUT2D eigenvalue weighted by Crippen LogP contribution is 2.39. The van der Waals surface area contributed by atoms with Crippen LogP contribution in [0.25, 0.3) is 33.1 Å². The Bertz CT molecular complexity index is 1730. The Kier molecular flexibility index (Phi) is 6.44. The number of imidazole rings is 1. The van der Waals surface area contributed by atoms with Crippen LogP contribution in [0, 0.1) is 36.6 Å². The quantitative estimate of drug-likeness (QED) is 0.238. The first-order chi connectivity index (χ1) is 18.0. The minimum Gasteiger partial charge on any atom is -0.493 e. The zero-order valence-corrected chi connectivity index (χ0v) is 20.8. The summed E-state index contributed by atoms with van der Waals surface area (Å²) in [7, 11) is 0. The van der Waals surface area contributed by atoms with Crippen molar-refractivity contribution in [2.45, 2.75) is 39.7 Å². The van der Waals surface area contributed by atoms with Crippen molar-refractivity contribution in [3.8, 4) is 29.1 Å². The third-order valence-electron chi connectivity index (χ3n) is 6.47. The number of fused-ring (bicyclic) bond motifs is 3. The molecule has 0 aliphatic carbocycles. The Labute approximate surface area is 213 Å². The number of pyridine rings is 1. The maximum atomic E-state index is 9.39. The maximum Gasteiger partial charge on any atom is 0.219 e. The molecule has 0 radical (unpaired) electrons. The van der Waals surface area contributed by atoms with Gasteiger partial charge < -0.3 is 18.8 Å². The van der Waals surface area contributed by atoms with E-state index in [1.807, 2.05) is 54.9 Å². The predicted molar refractivity (Wildman–Crippen MR) is 138 cm³/mol. The first kappa shape index (κ1) is 23.8. The molecule has 5 rings (SSSR count). The van der Waals surface area contributed by atoms with Crippen molar-refractivity contribution < 1.29 is 9.26 Å². The molecule has 0 aliphatic heterocycles. The number of nitrogens with zero attached hydrogens (tertiary/aromatic N) is 6. The number of nitriles is 2. The van der Waals surface area contributed by atoms with Crippen molar-refractivity contribution in [3.63, 3.8) is 0 Å². The minimum atomic E-state index is -0.116. The van der Waals surface area contributed by atoms with Gasteiger partial charge in [-0.05, 0) is 44.9 Å².